The maximum Gasteiger partial charge on any atom is 0.267 e. The molecule has 0 aromatic carbocycles. The molecular formula is C22H30N6O. The molecule has 2 aromatic heterocycles. The van der Waals surface area contributed by atoms with Crippen molar-refractivity contribution in [2.24, 2.45) is 0 Å². The van der Waals surface area contributed by atoms with Gasteiger partial charge >= 0.3 is 0 Å². The largest absolute Gasteiger partial charge is 0.368 e. The third-order valence-electron chi connectivity index (χ3n) is 6.75. The van der Waals surface area contributed by atoms with Crippen molar-refractivity contribution < 1.29 is 0 Å². The summed E-state index contributed by atoms with van der Waals surface area (Å²) in [5.41, 5.74) is 4.85. The molecule has 2 aliphatic carbocycles. The average Bonchev–Trinajstić information content (AvgIpc) is 3.40. The lowest BCUT2D eigenvalue weighted by molar-refractivity contribution is 0.148. The summed E-state index contributed by atoms with van der Waals surface area (Å²) >= 11 is 0. The van der Waals surface area contributed by atoms with E-state index >= 15 is 0 Å². The van der Waals surface area contributed by atoms with Gasteiger partial charge in [-0.05, 0) is 63.5 Å². The third-order valence-corrected chi connectivity index (χ3v) is 6.75. The number of aromatic nitrogens is 4. The van der Waals surface area contributed by atoms with Crippen molar-refractivity contribution in [2.75, 3.05) is 25.0 Å². The van der Waals surface area contributed by atoms with Gasteiger partial charge in [-0.15, -0.1) is 0 Å². The highest BCUT2D eigenvalue weighted by atomic mass is 16.1. The Labute approximate surface area is 171 Å². The fraction of sp³-hybridized carbons (Fsp3) is 0.636. The number of aryl methyl sites for hydroxylation is 3. The van der Waals surface area contributed by atoms with Crippen LogP contribution in [-0.2, 0) is 32.2 Å². The van der Waals surface area contributed by atoms with Crippen LogP contribution in [0.1, 0.15) is 54.6 Å². The molecule has 3 heterocycles. The first kappa shape index (κ1) is 18.7. The topological polar surface area (TPSA) is 75.9 Å². The Morgan fingerprint density at radius 3 is 2.86 bits per heavy atom. The number of anilines is 1. The molecule has 29 heavy (non-hydrogen) atoms. The zero-order valence-corrected chi connectivity index (χ0v) is 17.1. The Hall–Kier alpha value is -2.28. The maximum absolute atomic E-state index is 12.4. The lowest BCUT2D eigenvalue weighted by Gasteiger charge is -2.36. The maximum atomic E-state index is 12.4. The molecule has 1 atom stereocenters. The van der Waals surface area contributed by atoms with E-state index in [1.54, 1.807) is 17.1 Å². The summed E-state index contributed by atoms with van der Waals surface area (Å²) in [5, 5.41) is 8.25. The van der Waals surface area contributed by atoms with Crippen LogP contribution in [0.5, 0.6) is 0 Å². The second-order valence-electron chi connectivity index (χ2n) is 8.60. The van der Waals surface area contributed by atoms with Crippen molar-refractivity contribution in [1.29, 1.82) is 0 Å². The molecular weight excluding hydrogens is 364 g/mol. The van der Waals surface area contributed by atoms with Gasteiger partial charge in [-0.2, -0.15) is 5.10 Å². The third kappa shape index (κ3) is 3.92. The highest BCUT2D eigenvalue weighted by molar-refractivity contribution is 5.48. The number of likely N-dealkylation sites (tertiary alicyclic amines) is 1. The van der Waals surface area contributed by atoms with E-state index in [0.717, 1.165) is 68.8 Å². The van der Waals surface area contributed by atoms with E-state index in [-0.39, 0.29) is 5.56 Å². The van der Waals surface area contributed by atoms with Gasteiger partial charge in [-0.3, -0.25) is 9.69 Å². The molecule has 0 bridgehead atoms. The molecule has 0 radical (unpaired) electrons. The summed E-state index contributed by atoms with van der Waals surface area (Å²) in [7, 11) is 0. The summed E-state index contributed by atoms with van der Waals surface area (Å²) in [6.07, 6.45) is 11.8. The zero-order chi connectivity index (χ0) is 19.6. The Morgan fingerprint density at radius 1 is 1.00 bits per heavy atom. The molecule has 3 aliphatic rings. The number of fused-ring (bicyclic) bond motifs is 2. The molecule has 1 fully saturated rings. The minimum atomic E-state index is 0.0499. The van der Waals surface area contributed by atoms with Crippen LogP contribution < -0.4 is 10.9 Å². The summed E-state index contributed by atoms with van der Waals surface area (Å²) in [4.78, 5) is 23.9. The van der Waals surface area contributed by atoms with Gasteiger partial charge in [0.05, 0.1) is 12.2 Å². The molecule has 2 aromatic rings. The second-order valence-corrected chi connectivity index (χ2v) is 8.60. The lowest BCUT2D eigenvalue weighted by Crippen LogP contribution is -2.45. The van der Waals surface area contributed by atoms with Gasteiger partial charge in [0.2, 0.25) is 0 Å². The van der Waals surface area contributed by atoms with Crippen molar-refractivity contribution >= 4 is 5.82 Å². The van der Waals surface area contributed by atoms with Crippen LogP contribution in [0.2, 0.25) is 0 Å². The Morgan fingerprint density at radius 2 is 1.90 bits per heavy atom. The van der Waals surface area contributed by atoms with Crippen LogP contribution in [0.25, 0.3) is 0 Å². The summed E-state index contributed by atoms with van der Waals surface area (Å²) < 4.78 is 1.68. The van der Waals surface area contributed by atoms with Crippen LogP contribution in [0.4, 0.5) is 5.82 Å². The van der Waals surface area contributed by atoms with Crippen LogP contribution in [0.15, 0.2) is 17.2 Å². The SMILES string of the molecule is O=c1cc2c(nn1CCN1CCCCC1CNc1ncnc3c1CCC3)CCC2. The van der Waals surface area contributed by atoms with Crippen LogP contribution in [-0.4, -0.2) is 50.3 Å². The minimum absolute atomic E-state index is 0.0499. The number of hydrogen-bond donors (Lipinski definition) is 1. The van der Waals surface area contributed by atoms with Gasteiger partial charge in [0.25, 0.3) is 5.56 Å². The number of hydrogen-bond acceptors (Lipinski definition) is 6. The van der Waals surface area contributed by atoms with Crippen LogP contribution in [0.3, 0.4) is 0 Å². The molecule has 7 nitrogen and oxygen atoms in total. The van der Waals surface area contributed by atoms with E-state index in [9.17, 15) is 4.79 Å². The Bertz CT molecular complexity index is 939. The Kier molecular flexibility index (Phi) is 5.31. The highest BCUT2D eigenvalue weighted by Crippen LogP contribution is 2.26. The number of rotatable bonds is 6. The smallest absolute Gasteiger partial charge is 0.267 e. The number of piperidine rings is 1. The highest BCUT2D eigenvalue weighted by Gasteiger charge is 2.24. The molecule has 1 unspecified atom stereocenters. The van der Waals surface area contributed by atoms with Gasteiger partial charge in [0.15, 0.2) is 0 Å². The molecule has 1 N–H and O–H groups in total. The monoisotopic (exact) mass is 394 g/mol. The van der Waals surface area contributed by atoms with Gasteiger partial charge in [-0.1, -0.05) is 6.42 Å². The fourth-order valence-corrected chi connectivity index (χ4v) is 5.13. The quantitative estimate of drug-likeness (QED) is 0.807. The molecule has 0 spiro atoms. The number of nitrogens with one attached hydrogen (secondary N) is 1. The van der Waals surface area contributed by atoms with E-state index < -0.39 is 0 Å². The first-order chi connectivity index (χ1) is 14.3. The lowest BCUT2D eigenvalue weighted by atomic mass is 10.0. The summed E-state index contributed by atoms with van der Waals surface area (Å²) in [6.45, 7) is 3.54. The van der Waals surface area contributed by atoms with Gasteiger partial charge in [0, 0.05) is 36.5 Å². The van der Waals surface area contributed by atoms with E-state index in [4.69, 9.17) is 0 Å². The van der Waals surface area contributed by atoms with Crippen molar-refractivity contribution in [3.63, 3.8) is 0 Å². The van der Waals surface area contributed by atoms with Crippen LogP contribution in [0, 0.1) is 0 Å². The van der Waals surface area contributed by atoms with E-state index in [1.165, 1.54) is 36.9 Å². The summed E-state index contributed by atoms with van der Waals surface area (Å²) in [5.74, 6) is 1.02. The predicted molar refractivity (Wildman–Crippen MR) is 112 cm³/mol. The molecule has 0 amide bonds. The average molecular weight is 395 g/mol. The molecule has 1 saturated heterocycles. The van der Waals surface area contributed by atoms with Crippen LogP contribution >= 0.6 is 0 Å². The number of nitrogens with zero attached hydrogens (tertiary/aromatic N) is 5. The summed E-state index contributed by atoms with van der Waals surface area (Å²) in [6, 6.07) is 2.28. The van der Waals surface area contributed by atoms with E-state index in [0.29, 0.717) is 12.6 Å². The molecule has 7 heteroatoms. The first-order valence-electron chi connectivity index (χ1n) is 11.2. The molecule has 1 aliphatic heterocycles. The van der Waals surface area contributed by atoms with Crippen molar-refractivity contribution in [2.45, 2.75) is 70.4 Å². The Balaban J connectivity index is 1.23. The van der Waals surface area contributed by atoms with Gasteiger partial charge in [0.1, 0.15) is 12.1 Å². The van der Waals surface area contributed by atoms with Crippen molar-refractivity contribution in [3.05, 3.63) is 45.3 Å². The molecule has 5 rings (SSSR count). The standard InChI is InChI=1S/C22H30N6O/c29-21-13-16-5-3-8-19(16)26-28(21)12-11-27-10-2-1-6-17(27)14-23-22-18-7-4-9-20(18)24-15-25-22/h13,15,17H,1-12,14H2,(H,23,24,25). The normalized spacial score (nSPS) is 21.2. The predicted octanol–water partition coefficient (Wildman–Crippen LogP) is 1.98. The first-order valence-corrected chi connectivity index (χ1v) is 11.2. The fourth-order valence-electron chi connectivity index (χ4n) is 5.13. The zero-order valence-electron chi connectivity index (χ0n) is 17.1. The molecule has 0 saturated carbocycles. The van der Waals surface area contributed by atoms with Gasteiger partial charge < -0.3 is 5.32 Å². The van der Waals surface area contributed by atoms with E-state index in [2.05, 4.69) is 25.3 Å². The minimum Gasteiger partial charge on any atom is -0.368 e. The second kappa shape index (κ2) is 8.22. The van der Waals surface area contributed by atoms with Crippen molar-refractivity contribution in [3.8, 4) is 0 Å². The molecule has 154 valence electrons. The van der Waals surface area contributed by atoms with Gasteiger partial charge in [-0.25, -0.2) is 14.6 Å². The van der Waals surface area contributed by atoms with Crippen molar-refractivity contribution in [1.82, 2.24) is 24.6 Å². The van der Waals surface area contributed by atoms with E-state index in [1.807, 2.05) is 0 Å².